The second-order valence-electron chi connectivity index (χ2n) is 11.6. The Bertz CT molecular complexity index is 997. The van der Waals surface area contributed by atoms with Crippen molar-refractivity contribution in [2.45, 2.75) is 71.3 Å². The molecule has 2 atom stereocenters. The Balaban J connectivity index is 1.90. The van der Waals surface area contributed by atoms with Gasteiger partial charge < -0.3 is 14.7 Å². The summed E-state index contributed by atoms with van der Waals surface area (Å²) in [5.41, 5.74) is 2.72. The lowest BCUT2D eigenvalue weighted by atomic mass is 9.78. The van der Waals surface area contributed by atoms with E-state index in [0.29, 0.717) is 18.0 Å². The minimum absolute atomic E-state index is 0.00329. The fraction of sp³-hybridized carbons (Fsp3) is 0.517. The SMILES string of the molecule is COC[C@@H]1C[C@@H](Cc2ccccc2)C(=N)N1CC(=O)c1cc(C(C)(C)C)c(O)c(C(C)(C)C)c1. The molecule has 1 aliphatic heterocycles. The van der Waals surface area contributed by atoms with Crippen LogP contribution in [0.25, 0.3) is 0 Å². The number of phenolic OH excluding ortho intramolecular Hbond substituents is 1. The number of rotatable bonds is 7. The summed E-state index contributed by atoms with van der Waals surface area (Å²) in [6.45, 7) is 12.9. The van der Waals surface area contributed by atoms with Gasteiger partial charge in [0.15, 0.2) is 5.78 Å². The molecule has 1 heterocycles. The van der Waals surface area contributed by atoms with E-state index in [1.807, 2.05) is 76.8 Å². The molecule has 34 heavy (non-hydrogen) atoms. The third-order valence-electron chi connectivity index (χ3n) is 6.74. The Hall–Kier alpha value is -2.66. The van der Waals surface area contributed by atoms with E-state index in [9.17, 15) is 9.90 Å². The molecule has 0 aromatic heterocycles. The molecule has 0 bridgehead atoms. The van der Waals surface area contributed by atoms with E-state index in [2.05, 4.69) is 12.1 Å². The summed E-state index contributed by atoms with van der Waals surface area (Å²) in [5, 5.41) is 19.9. The van der Waals surface area contributed by atoms with E-state index in [1.165, 1.54) is 5.56 Å². The van der Waals surface area contributed by atoms with E-state index >= 15 is 0 Å². The molecule has 0 amide bonds. The maximum atomic E-state index is 13.6. The molecular weight excluding hydrogens is 424 g/mol. The van der Waals surface area contributed by atoms with Crippen molar-refractivity contribution in [1.82, 2.24) is 4.90 Å². The largest absolute Gasteiger partial charge is 0.507 e. The smallest absolute Gasteiger partial charge is 0.182 e. The summed E-state index contributed by atoms with van der Waals surface area (Å²) < 4.78 is 5.45. The van der Waals surface area contributed by atoms with E-state index in [4.69, 9.17) is 10.1 Å². The molecule has 2 aromatic rings. The van der Waals surface area contributed by atoms with Gasteiger partial charge in [-0.15, -0.1) is 0 Å². The fourth-order valence-corrected chi connectivity index (χ4v) is 4.83. The number of methoxy groups -OCH3 is 1. The van der Waals surface area contributed by atoms with Crippen LogP contribution < -0.4 is 0 Å². The molecule has 2 N–H and O–H groups in total. The highest BCUT2D eigenvalue weighted by Gasteiger charge is 2.38. The summed E-state index contributed by atoms with van der Waals surface area (Å²) in [5.74, 6) is 0.795. The third-order valence-corrected chi connectivity index (χ3v) is 6.74. The molecule has 0 saturated carbocycles. The predicted molar refractivity (Wildman–Crippen MR) is 138 cm³/mol. The van der Waals surface area contributed by atoms with Crippen LogP contribution in [0.1, 0.15) is 75.0 Å². The van der Waals surface area contributed by atoms with Crippen LogP contribution in [0.3, 0.4) is 0 Å². The molecule has 0 unspecified atom stereocenters. The molecule has 0 spiro atoms. The zero-order valence-corrected chi connectivity index (χ0v) is 21.7. The monoisotopic (exact) mass is 464 g/mol. The van der Waals surface area contributed by atoms with Crippen molar-refractivity contribution in [2.24, 2.45) is 5.92 Å². The van der Waals surface area contributed by atoms with Gasteiger partial charge in [-0.05, 0) is 41.4 Å². The maximum absolute atomic E-state index is 13.6. The van der Waals surface area contributed by atoms with Crippen molar-refractivity contribution in [2.75, 3.05) is 20.3 Å². The van der Waals surface area contributed by atoms with Crippen molar-refractivity contribution in [3.8, 4) is 5.75 Å². The average Bonchev–Trinajstić information content (AvgIpc) is 3.02. The first-order valence-corrected chi connectivity index (χ1v) is 12.1. The molecule has 0 radical (unpaired) electrons. The molecule has 1 saturated heterocycles. The van der Waals surface area contributed by atoms with Gasteiger partial charge in [0.05, 0.1) is 19.2 Å². The van der Waals surface area contributed by atoms with Crippen molar-refractivity contribution in [3.63, 3.8) is 0 Å². The van der Waals surface area contributed by atoms with E-state index in [0.717, 1.165) is 24.0 Å². The number of Topliss-reactive ketones (excluding diaryl/α,β-unsaturated/α-hetero) is 1. The first kappa shape index (κ1) is 26.0. The quantitative estimate of drug-likeness (QED) is 0.514. The lowest BCUT2D eigenvalue weighted by Gasteiger charge is -2.29. The number of carbonyl (C=O) groups excluding carboxylic acids is 1. The van der Waals surface area contributed by atoms with Crippen LogP contribution in [-0.4, -0.2) is 47.9 Å². The Morgan fingerprint density at radius 2 is 1.62 bits per heavy atom. The van der Waals surface area contributed by atoms with Crippen molar-refractivity contribution < 1.29 is 14.6 Å². The predicted octanol–water partition coefficient (Wildman–Crippen LogP) is 5.73. The number of ketones is 1. The fourth-order valence-electron chi connectivity index (χ4n) is 4.83. The Labute approximate surface area is 204 Å². The van der Waals surface area contributed by atoms with Gasteiger partial charge in [-0.2, -0.15) is 0 Å². The molecule has 1 aliphatic rings. The van der Waals surface area contributed by atoms with Gasteiger partial charge >= 0.3 is 0 Å². The lowest BCUT2D eigenvalue weighted by molar-refractivity contribution is 0.0906. The van der Waals surface area contributed by atoms with Gasteiger partial charge in [-0.1, -0.05) is 71.9 Å². The summed E-state index contributed by atoms with van der Waals surface area (Å²) in [4.78, 5) is 15.5. The van der Waals surface area contributed by atoms with E-state index < -0.39 is 0 Å². The standard InChI is InChI=1S/C29H40N2O3/c1-28(2,3)23-15-20(16-24(26(23)33)29(4,5)6)25(32)17-31-22(18-34-7)14-21(27(31)30)13-19-11-9-8-10-12-19/h8-12,15-16,21-22,30,33H,13-14,17-18H2,1-7H3/t21-,22+/m1/s1. The number of hydrogen-bond donors (Lipinski definition) is 2. The zero-order chi connectivity index (χ0) is 25.3. The van der Waals surface area contributed by atoms with Crippen molar-refractivity contribution in [1.29, 1.82) is 5.41 Å². The summed E-state index contributed by atoms with van der Waals surface area (Å²) in [7, 11) is 1.67. The van der Waals surface area contributed by atoms with Crippen LogP contribution in [0.5, 0.6) is 5.75 Å². The molecule has 0 aliphatic carbocycles. The van der Waals surface area contributed by atoms with E-state index in [1.54, 1.807) is 7.11 Å². The van der Waals surface area contributed by atoms with Gasteiger partial charge in [0.2, 0.25) is 0 Å². The minimum atomic E-state index is -0.305. The molecule has 5 nitrogen and oxygen atoms in total. The van der Waals surface area contributed by atoms with Crippen LogP contribution in [0.4, 0.5) is 0 Å². The summed E-state index contributed by atoms with van der Waals surface area (Å²) in [6.07, 6.45) is 1.58. The number of amidine groups is 1. The number of nitrogens with zero attached hydrogens (tertiary/aromatic N) is 1. The molecule has 5 heteroatoms. The van der Waals surface area contributed by atoms with Gasteiger partial charge in [0.1, 0.15) is 11.6 Å². The molecule has 1 fully saturated rings. The number of ether oxygens (including phenoxy) is 1. The number of likely N-dealkylation sites (tertiary alicyclic amines) is 1. The first-order valence-electron chi connectivity index (χ1n) is 12.1. The Kier molecular flexibility index (Phi) is 7.56. The molecule has 2 aromatic carbocycles. The topological polar surface area (TPSA) is 73.6 Å². The van der Waals surface area contributed by atoms with Gasteiger partial charge in [0, 0.05) is 29.7 Å². The number of carbonyl (C=O) groups is 1. The highest BCUT2D eigenvalue weighted by molar-refractivity contribution is 6.01. The van der Waals surface area contributed by atoms with Crippen molar-refractivity contribution in [3.05, 3.63) is 64.7 Å². The normalized spacial score (nSPS) is 19.0. The van der Waals surface area contributed by atoms with Crippen LogP contribution in [0.2, 0.25) is 0 Å². The first-order chi connectivity index (χ1) is 15.8. The number of hydrogen-bond acceptors (Lipinski definition) is 4. The highest BCUT2D eigenvalue weighted by Crippen LogP contribution is 2.40. The summed E-state index contributed by atoms with van der Waals surface area (Å²) in [6, 6.07) is 13.9. The van der Waals surface area contributed by atoms with Crippen molar-refractivity contribution >= 4 is 11.6 Å². The molecular formula is C29H40N2O3. The Morgan fingerprint density at radius 3 is 2.12 bits per heavy atom. The average molecular weight is 465 g/mol. The number of aromatic hydroxyl groups is 1. The zero-order valence-electron chi connectivity index (χ0n) is 21.7. The second-order valence-corrected chi connectivity index (χ2v) is 11.6. The Morgan fingerprint density at radius 1 is 1.06 bits per heavy atom. The maximum Gasteiger partial charge on any atom is 0.182 e. The van der Waals surface area contributed by atoms with Crippen LogP contribution in [0.15, 0.2) is 42.5 Å². The van der Waals surface area contributed by atoms with Crippen LogP contribution in [-0.2, 0) is 22.0 Å². The third kappa shape index (κ3) is 5.69. The van der Waals surface area contributed by atoms with Crippen LogP contribution in [0, 0.1) is 11.3 Å². The lowest BCUT2D eigenvalue weighted by Crippen LogP contribution is -2.40. The summed E-state index contributed by atoms with van der Waals surface area (Å²) >= 11 is 0. The van der Waals surface area contributed by atoms with Gasteiger partial charge in [-0.25, -0.2) is 0 Å². The van der Waals surface area contributed by atoms with Crippen LogP contribution >= 0.6 is 0 Å². The number of nitrogens with one attached hydrogen (secondary N) is 1. The van der Waals surface area contributed by atoms with Gasteiger partial charge in [0.25, 0.3) is 0 Å². The highest BCUT2D eigenvalue weighted by atomic mass is 16.5. The molecule has 3 rings (SSSR count). The minimum Gasteiger partial charge on any atom is -0.507 e. The molecule has 184 valence electrons. The number of phenols is 1. The second kappa shape index (κ2) is 9.91. The van der Waals surface area contributed by atoms with Gasteiger partial charge in [-0.3, -0.25) is 10.2 Å². The number of benzene rings is 2. The van der Waals surface area contributed by atoms with E-state index in [-0.39, 0.29) is 40.9 Å².